The molecule has 2 aromatic heterocycles. The lowest BCUT2D eigenvalue weighted by Gasteiger charge is -2.28. The molecule has 10 nitrogen and oxygen atoms in total. The Bertz CT molecular complexity index is 1610. The molecule has 43 heavy (non-hydrogen) atoms. The van der Waals surface area contributed by atoms with Crippen molar-refractivity contribution in [1.82, 2.24) is 15.1 Å². The number of nitrogens with one attached hydrogen (secondary N) is 2. The monoisotopic (exact) mass is 603 g/mol. The number of amides is 2. The highest BCUT2D eigenvalue weighted by atomic mass is 32.1. The number of anilines is 2. The Morgan fingerprint density at radius 1 is 0.953 bits per heavy atom. The zero-order valence-corrected chi connectivity index (χ0v) is 25.9. The molecular weight excluding hydrogens is 566 g/mol. The van der Waals surface area contributed by atoms with Crippen LogP contribution in [0.4, 0.5) is 16.3 Å². The third-order valence-corrected chi connectivity index (χ3v) is 8.15. The molecular formula is C32H37N5O5S. The van der Waals surface area contributed by atoms with Gasteiger partial charge in [0, 0.05) is 24.3 Å². The van der Waals surface area contributed by atoms with Gasteiger partial charge in [0.2, 0.25) is 0 Å². The maximum atomic E-state index is 13.4. The van der Waals surface area contributed by atoms with Crippen LogP contribution in [-0.4, -0.2) is 60.6 Å². The normalized spacial score (nSPS) is 14.0. The number of hydrogen-bond donors (Lipinski definition) is 2. The van der Waals surface area contributed by atoms with Gasteiger partial charge < -0.3 is 25.0 Å². The Morgan fingerprint density at radius 2 is 1.63 bits per heavy atom. The van der Waals surface area contributed by atoms with Crippen LogP contribution in [0.1, 0.15) is 60.2 Å². The summed E-state index contributed by atoms with van der Waals surface area (Å²) in [5, 5.41) is 10.8. The molecule has 4 aromatic rings. The van der Waals surface area contributed by atoms with Crippen molar-refractivity contribution in [2.45, 2.75) is 40.2 Å². The van der Waals surface area contributed by atoms with Gasteiger partial charge in [0.15, 0.2) is 5.82 Å². The molecule has 226 valence electrons. The number of rotatable bonds is 7. The number of ether oxygens (including phenoxy) is 2. The molecule has 0 bridgehead atoms. The molecule has 3 heterocycles. The first-order valence-corrected chi connectivity index (χ1v) is 15.0. The average Bonchev–Trinajstić information content (AvgIpc) is 3.57. The number of carbonyl (C=O) groups is 3. The summed E-state index contributed by atoms with van der Waals surface area (Å²) < 4.78 is 12.1. The van der Waals surface area contributed by atoms with E-state index in [1.54, 1.807) is 18.2 Å². The summed E-state index contributed by atoms with van der Waals surface area (Å²) in [6, 6.07) is 18.6. The summed E-state index contributed by atoms with van der Waals surface area (Å²) >= 11 is 1.11. The van der Waals surface area contributed by atoms with Crippen LogP contribution < -0.4 is 15.5 Å². The molecule has 11 heteroatoms. The molecule has 0 saturated carbocycles. The minimum Gasteiger partial charge on any atom is -0.447 e. The van der Waals surface area contributed by atoms with Crippen LogP contribution in [0.25, 0.3) is 10.2 Å². The zero-order valence-electron chi connectivity index (χ0n) is 25.1. The maximum Gasteiger partial charge on any atom is 0.436 e. The molecule has 2 N–H and O–H groups in total. The Kier molecular flexibility index (Phi) is 8.57. The molecule has 0 aliphatic carbocycles. The summed E-state index contributed by atoms with van der Waals surface area (Å²) in [6.07, 6.45) is -0.686. The topological polar surface area (TPSA) is 115 Å². The van der Waals surface area contributed by atoms with Gasteiger partial charge in [-0.15, -0.1) is 16.4 Å². The first kappa shape index (κ1) is 30.2. The van der Waals surface area contributed by atoms with Crippen molar-refractivity contribution in [3.63, 3.8) is 0 Å². The summed E-state index contributed by atoms with van der Waals surface area (Å²) in [5.74, 6) is -0.520. The van der Waals surface area contributed by atoms with Crippen LogP contribution in [0, 0.1) is 5.41 Å². The van der Waals surface area contributed by atoms with Crippen molar-refractivity contribution in [2.24, 2.45) is 5.41 Å². The largest absolute Gasteiger partial charge is 0.447 e. The van der Waals surface area contributed by atoms with Crippen LogP contribution in [0.3, 0.4) is 0 Å². The third kappa shape index (κ3) is 7.06. The van der Waals surface area contributed by atoms with Gasteiger partial charge in [0.05, 0.1) is 35.6 Å². The number of fused-ring (bicyclic) bond motifs is 1. The summed E-state index contributed by atoms with van der Waals surface area (Å²) in [7, 11) is 0. The van der Waals surface area contributed by atoms with E-state index in [9.17, 15) is 14.4 Å². The van der Waals surface area contributed by atoms with Crippen LogP contribution in [0.5, 0.6) is 0 Å². The summed E-state index contributed by atoms with van der Waals surface area (Å²) in [6.45, 7) is 12.8. The zero-order chi connectivity index (χ0) is 30.8. The predicted molar refractivity (Wildman–Crippen MR) is 168 cm³/mol. The van der Waals surface area contributed by atoms with Crippen molar-refractivity contribution < 1.29 is 23.9 Å². The van der Waals surface area contributed by atoms with E-state index in [4.69, 9.17) is 9.47 Å². The van der Waals surface area contributed by atoms with Crippen molar-refractivity contribution in [3.05, 3.63) is 76.7 Å². The molecule has 0 spiro atoms. The minimum atomic E-state index is -0.686. The lowest BCUT2D eigenvalue weighted by Crippen LogP contribution is -2.40. The Morgan fingerprint density at radius 3 is 2.28 bits per heavy atom. The van der Waals surface area contributed by atoms with Gasteiger partial charge in [-0.25, -0.2) is 4.79 Å². The van der Waals surface area contributed by atoms with E-state index in [-0.39, 0.29) is 29.7 Å². The Hall–Kier alpha value is -4.22. The third-order valence-electron chi connectivity index (χ3n) is 7.04. The van der Waals surface area contributed by atoms with Gasteiger partial charge >= 0.3 is 6.09 Å². The Labute approximate surface area is 255 Å². The van der Waals surface area contributed by atoms with Gasteiger partial charge in [0.25, 0.3) is 11.8 Å². The molecule has 1 saturated heterocycles. The van der Waals surface area contributed by atoms with Crippen molar-refractivity contribution in [3.8, 4) is 0 Å². The van der Waals surface area contributed by atoms with Gasteiger partial charge in [0.1, 0.15) is 4.83 Å². The van der Waals surface area contributed by atoms with Crippen molar-refractivity contribution >= 4 is 51.0 Å². The maximum absolute atomic E-state index is 13.4. The molecule has 0 radical (unpaired) electrons. The molecule has 2 amide bonds. The van der Waals surface area contributed by atoms with E-state index in [0.717, 1.165) is 40.4 Å². The average molecular weight is 604 g/mol. The SMILES string of the molecule is CC(C)(C)COC(=O)n1nc(NC(=O)c2ccc(N3CCOCC3)cc2)c2cc(C(=O)NC(C)(C)c3ccccc3)sc21. The van der Waals surface area contributed by atoms with Crippen LogP contribution in [-0.2, 0) is 15.0 Å². The number of aromatic nitrogens is 2. The van der Waals surface area contributed by atoms with Crippen molar-refractivity contribution in [1.29, 1.82) is 0 Å². The van der Waals surface area contributed by atoms with Gasteiger partial charge in [-0.3, -0.25) is 9.59 Å². The number of carbonyl (C=O) groups excluding carboxylic acids is 3. The van der Waals surface area contributed by atoms with Gasteiger partial charge in [-0.2, -0.15) is 4.68 Å². The number of morpholine rings is 1. The predicted octanol–water partition coefficient (Wildman–Crippen LogP) is 5.88. The molecule has 0 atom stereocenters. The number of thiophene rings is 1. The van der Waals surface area contributed by atoms with Crippen molar-refractivity contribution in [2.75, 3.05) is 43.1 Å². The molecule has 1 aliphatic rings. The van der Waals surface area contributed by atoms with Crippen LogP contribution >= 0.6 is 11.3 Å². The lowest BCUT2D eigenvalue weighted by molar-refractivity contribution is 0.0915. The number of hydrogen-bond acceptors (Lipinski definition) is 8. The second-order valence-electron chi connectivity index (χ2n) is 12.3. The highest BCUT2D eigenvalue weighted by Crippen LogP contribution is 2.33. The highest BCUT2D eigenvalue weighted by molar-refractivity contribution is 7.20. The van der Waals surface area contributed by atoms with E-state index in [0.29, 0.717) is 33.9 Å². The van der Waals surface area contributed by atoms with E-state index in [1.807, 2.05) is 77.1 Å². The molecule has 2 aromatic carbocycles. The number of benzene rings is 2. The van der Waals surface area contributed by atoms with Crippen LogP contribution in [0.2, 0.25) is 0 Å². The highest BCUT2D eigenvalue weighted by Gasteiger charge is 2.28. The Balaban J connectivity index is 1.41. The molecule has 1 fully saturated rings. The fourth-order valence-electron chi connectivity index (χ4n) is 4.67. The standard InChI is InChI=1S/C32H37N5O5S/c1-31(2,3)20-42-30(40)37-29-24(19-25(43-29)28(39)34-32(4,5)22-9-7-6-8-10-22)26(35-37)33-27(38)21-11-13-23(14-12-21)36-15-17-41-18-16-36/h6-14,19H,15-18,20H2,1-5H3,(H,34,39)(H,33,35,38). The first-order chi connectivity index (χ1) is 20.4. The van der Waals surface area contributed by atoms with E-state index >= 15 is 0 Å². The quantitative estimate of drug-likeness (QED) is 0.271. The van der Waals surface area contributed by atoms with E-state index in [2.05, 4.69) is 20.6 Å². The summed E-state index contributed by atoms with van der Waals surface area (Å²) in [4.78, 5) is 42.8. The van der Waals surface area contributed by atoms with Gasteiger partial charge in [-0.05, 0) is 55.2 Å². The van der Waals surface area contributed by atoms with E-state index in [1.165, 1.54) is 0 Å². The second-order valence-corrected chi connectivity index (χ2v) is 13.3. The van der Waals surface area contributed by atoms with Crippen LogP contribution in [0.15, 0.2) is 60.7 Å². The summed E-state index contributed by atoms with van der Waals surface area (Å²) in [5.41, 5.74) is 1.51. The minimum absolute atomic E-state index is 0.169. The molecule has 0 unspecified atom stereocenters. The first-order valence-electron chi connectivity index (χ1n) is 14.2. The number of nitrogens with zero attached hydrogens (tertiary/aromatic N) is 3. The fraction of sp³-hybridized carbons (Fsp3) is 0.375. The fourth-order valence-corrected chi connectivity index (χ4v) is 5.67. The molecule has 5 rings (SSSR count). The second kappa shape index (κ2) is 12.2. The molecule has 1 aliphatic heterocycles. The lowest BCUT2D eigenvalue weighted by atomic mass is 9.94. The van der Waals surface area contributed by atoms with Gasteiger partial charge in [-0.1, -0.05) is 51.1 Å². The smallest absolute Gasteiger partial charge is 0.436 e. The van der Waals surface area contributed by atoms with E-state index < -0.39 is 11.6 Å².